The van der Waals surface area contributed by atoms with Crippen molar-refractivity contribution in [1.82, 2.24) is 10.6 Å². The Hall–Kier alpha value is -0.0800. The van der Waals surface area contributed by atoms with E-state index in [0.29, 0.717) is 6.61 Å². The fraction of sp³-hybridized carbons (Fsp3) is 0.947. The summed E-state index contributed by atoms with van der Waals surface area (Å²) < 4.78 is 5.54. The maximum atomic E-state index is 9.30. The van der Waals surface area contributed by atoms with Gasteiger partial charge in [0.25, 0.3) is 0 Å². The van der Waals surface area contributed by atoms with Crippen LogP contribution in [0.25, 0.3) is 0 Å². The molecule has 0 bridgehead atoms. The van der Waals surface area contributed by atoms with Gasteiger partial charge < -0.3 is 20.5 Å². The van der Waals surface area contributed by atoms with E-state index in [2.05, 4.69) is 31.4 Å². The number of nitrogens with zero attached hydrogens (tertiary/aromatic N) is 1. The second kappa shape index (κ2) is 15.0. The summed E-state index contributed by atoms with van der Waals surface area (Å²) in [5, 5.41) is 16.1. The molecule has 0 amide bonds. The molecule has 0 spiro atoms. The van der Waals surface area contributed by atoms with Crippen LogP contribution < -0.4 is 10.6 Å². The molecular weight excluding hydrogens is 429 g/mol. The number of unbranched alkanes of at least 4 members (excludes halogenated alkanes) is 3. The van der Waals surface area contributed by atoms with E-state index in [0.717, 1.165) is 51.0 Å². The van der Waals surface area contributed by atoms with Crippen LogP contribution in [0, 0.1) is 11.3 Å². The number of aliphatic hydroxyl groups is 1. The zero-order chi connectivity index (χ0) is 17.7. The van der Waals surface area contributed by atoms with E-state index in [1.54, 1.807) is 0 Å². The molecular formula is C19H40IN3O2. The molecule has 0 radical (unpaired) electrons. The fourth-order valence-corrected chi connectivity index (χ4v) is 3.11. The van der Waals surface area contributed by atoms with Gasteiger partial charge in [0.1, 0.15) is 0 Å². The predicted molar refractivity (Wildman–Crippen MR) is 117 cm³/mol. The zero-order valence-corrected chi connectivity index (χ0v) is 18.8. The standard InChI is InChI=1S/C19H39N3O2.HI/c1-4-20-18(21-12-8-6-5-7-9-17(2)3)22-15-19(10-13-23)11-14-24-16-19;/h17,23H,4-16H2,1-3H3,(H2,20,21,22);1H. The van der Waals surface area contributed by atoms with E-state index in [4.69, 9.17) is 9.73 Å². The second-order valence-corrected chi connectivity index (χ2v) is 7.49. The third-order valence-electron chi connectivity index (χ3n) is 4.74. The number of hydrogen-bond acceptors (Lipinski definition) is 3. The summed E-state index contributed by atoms with van der Waals surface area (Å²) in [4.78, 5) is 4.75. The lowest BCUT2D eigenvalue weighted by Crippen LogP contribution is -2.39. The van der Waals surface area contributed by atoms with Crippen molar-refractivity contribution in [2.75, 3.05) is 39.5 Å². The highest BCUT2D eigenvalue weighted by Gasteiger charge is 2.34. The first kappa shape index (κ1) is 24.9. The fourth-order valence-electron chi connectivity index (χ4n) is 3.11. The molecule has 0 aromatic rings. The van der Waals surface area contributed by atoms with Gasteiger partial charge >= 0.3 is 0 Å². The molecule has 1 atom stereocenters. The molecule has 5 nitrogen and oxygen atoms in total. The SMILES string of the molecule is CCNC(=NCC1(CCO)CCOC1)NCCCCCCC(C)C.I. The van der Waals surface area contributed by atoms with Crippen molar-refractivity contribution in [3.63, 3.8) is 0 Å². The molecule has 6 heteroatoms. The molecule has 3 N–H and O–H groups in total. The Balaban J connectivity index is 0.00000576. The molecule has 0 saturated carbocycles. The number of halogens is 1. The van der Waals surface area contributed by atoms with Crippen LogP contribution in [0.2, 0.25) is 0 Å². The third-order valence-corrected chi connectivity index (χ3v) is 4.74. The number of rotatable bonds is 12. The minimum Gasteiger partial charge on any atom is -0.396 e. The van der Waals surface area contributed by atoms with E-state index in [1.165, 1.54) is 32.1 Å². The lowest BCUT2D eigenvalue weighted by atomic mass is 9.84. The molecule has 0 aliphatic carbocycles. The highest BCUT2D eigenvalue weighted by Crippen LogP contribution is 2.32. The van der Waals surface area contributed by atoms with Crippen LogP contribution in [0.5, 0.6) is 0 Å². The molecule has 1 aliphatic heterocycles. The zero-order valence-electron chi connectivity index (χ0n) is 16.5. The smallest absolute Gasteiger partial charge is 0.191 e. The van der Waals surface area contributed by atoms with Crippen LogP contribution in [0.4, 0.5) is 0 Å². The van der Waals surface area contributed by atoms with Crippen LogP contribution in [-0.4, -0.2) is 50.5 Å². The molecule has 150 valence electrons. The first-order valence-corrected chi connectivity index (χ1v) is 9.82. The van der Waals surface area contributed by atoms with Crippen molar-refractivity contribution < 1.29 is 9.84 Å². The van der Waals surface area contributed by atoms with E-state index in [-0.39, 0.29) is 36.0 Å². The maximum Gasteiger partial charge on any atom is 0.191 e. The number of ether oxygens (including phenoxy) is 1. The van der Waals surface area contributed by atoms with Gasteiger partial charge in [-0.3, -0.25) is 4.99 Å². The average molecular weight is 469 g/mol. The van der Waals surface area contributed by atoms with Gasteiger partial charge in [-0.15, -0.1) is 24.0 Å². The van der Waals surface area contributed by atoms with E-state index in [9.17, 15) is 5.11 Å². The molecule has 1 fully saturated rings. The van der Waals surface area contributed by atoms with Crippen LogP contribution in [0.1, 0.15) is 65.7 Å². The Labute approximate surface area is 171 Å². The lowest BCUT2D eigenvalue weighted by Gasteiger charge is -2.24. The summed E-state index contributed by atoms with van der Waals surface area (Å²) in [6, 6.07) is 0. The molecule has 1 rings (SSSR count). The van der Waals surface area contributed by atoms with Gasteiger partial charge in [-0.2, -0.15) is 0 Å². The topological polar surface area (TPSA) is 65.9 Å². The lowest BCUT2D eigenvalue weighted by molar-refractivity contribution is 0.131. The van der Waals surface area contributed by atoms with Gasteiger partial charge in [0.15, 0.2) is 5.96 Å². The minimum atomic E-state index is 0. The second-order valence-electron chi connectivity index (χ2n) is 7.49. The molecule has 0 aromatic heterocycles. The maximum absolute atomic E-state index is 9.30. The number of aliphatic imine (C=N–C) groups is 1. The van der Waals surface area contributed by atoms with Crippen molar-refractivity contribution in [3.8, 4) is 0 Å². The molecule has 25 heavy (non-hydrogen) atoms. The van der Waals surface area contributed by atoms with Crippen molar-refractivity contribution >= 4 is 29.9 Å². The Kier molecular flexibility index (Phi) is 15.0. The van der Waals surface area contributed by atoms with Gasteiger partial charge in [0, 0.05) is 31.7 Å². The first-order chi connectivity index (χ1) is 11.6. The monoisotopic (exact) mass is 469 g/mol. The van der Waals surface area contributed by atoms with Gasteiger partial charge in [0.2, 0.25) is 0 Å². The summed E-state index contributed by atoms with van der Waals surface area (Å²) in [6.45, 7) is 10.9. The van der Waals surface area contributed by atoms with Crippen molar-refractivity contribution in [1.29, 1.82) is 0 Å². The summed E-state index contributed by atoms with van der Waals surface area (Å²) in [7, 11) is 0. The van der Waals surface area contributed by atoms with Gasteiger partial charge in [-0.1, -0.05) is 39.5 Å². The van der Waals surface area contributed by atoms with E-state index in [1.807, 2.05) is 0 Å². The number of nitrogens with one attached hydrogen (secondary N) is 2. The highest BCUT2D eigenvalue weighted by atomic mass is 127. The largest absolute Gasteiger partial charge is 0.396 e. The normalized spacial score (nSPS) is 20.6. The van der Waals surface area contributed by atoms with Crippen LogP contribution >= 0.6 is 24.0 Å². The van der Waals surface area contributed by atoms with Crippen molar-refractivity contribution in [2.24, 2.45) is 16.3 Å². The Morgan fingerprint density at radius 3 is 2.56 bits per heavy atom. The highest BCUT2D eigenvalue weighted by molar-refractivity contribution is 14.0. The average Bonchev–Trinajstić information content (AvgIpc) is 3.00. The predicted octanol–water partition coefficient (Wildman–Crippen LogP) is 3.56. The molecule has 1 aliphatic rings. The molecule has 1 heterocycles. The third kappa shape index (κ3) is 11.3. The number of aliphatic hydroxyl groups excluding tert-OH is 1. The molecule has 1 unspecified atom stereocenters. The van der Waals surface area contributed by atoms with Gasteiger partial charge in [-0.05, 0) is 32.1 Å². The van der Waals surface area contributed by atoms with Gasteiger partial charge in [0.05, 0.1) is 13.2 Å². The van der Waals surface area contributed by atoms with Crippen molar-refractivity contribution in [3.05, 3.63) is 0 Å². The summed E-state index contributed by atoms with van der Waals surface area (Å²) in [5.74, 6) is 1.71. The number of guanidine groups is 1. The Bertz CT molecular complexity index is 346. The van der Waals surface area contributed by atoms with Crippen molar-refractivity contribution in [2.45, 2.75) is 65.7 Å². The van der Waals surface area contributed by atoms with Crippen LogP contribution in [-0.2, 0) is 4.74 Å². The Morgan fingerprint density at radius 1 is 1.20 bits per heavy atom. The van der Waals surface area contributed by atoms with Gasteiger partial charge in [-0.25, -0.2) is 0 Å². The Morgan fingerprint density at radius 2 is 1.96 bits per heavy atom. The quantitative estimate of drug-likeness (QED) is 0.177. The first-order valence-electron chi connectivity index (χ1n) is 9.82. The van der Waals surface area contributed by atoms with E-state index >= 15 is 0 Å². The van der Waals surface area contributed by atoms with Crippen LogP contribution in [0.15, 0.2) is 4.99 Å². The minimum absolute atomic E-state index is 0. The summed E-state index contributed by atoms with van der Waals surface area (Å²) in [6.07, 6.45) is 8.24. The number of hydrogen-bond donors (Lipinski definition) is 3. The molecule has 1 saturated heterocycles. The van der Waals surface area contributed by atoms with Crippen LogP contribution in [0.3, 0.4) is 0 Å². The summed E-state index contributed by atoms with van der Waals surface area (Å²) in [5.41, 5.74) is 0.0218. The van der Waals surface area contributed by atoms with E-state index < -0.39 is 0 Å². The summed E-state index contributed by atoms with van der Waals surface area (Å²) >= 11 is 0. The molecule has 0 aromatic carbocycles.